The third kappa shape index (κ3) is 4.70. The molecule has 0 saturated carbocycles. The molecule has 1 aromatic carbocycles. The first-order chi connectivity index (χ1) is 14.2. The normalized spacial score (nSPS) is 11.5. The van der Waals surface area contributed by atoms with E-state index in [1.807, 2.05) is 0 Å². The van der Waals surface area contributed by atoms with E-state index in [2.05, 4.69) is 20.5 Å². The number of aromatic nitrogens is 5. The zero-order valence-electron chi connectivity index (χ0n) is 14.7. The average molecular weight is 469 g/mol. The van der Waals surface area contributed by atoms with E-state index in [1.165, 1.54) is 29.2 Å². The van der Waals surface area contributed by atoms with E-state index in [1.54, 1.807) is 0 Å². The summed E-state index contributed by atoms with van der Waals surface area (Å²) in [5.74, 6) is -1.70. The Morgan fingerprint density at radius 2 is 1.87 bits per heavy atom. The van der Waals surface area contributed by atoms with E-state index in [0.717, 1.165) is 0 Å². The Morgan fingerprint density at radius 1 is 1.13 bits per heavy atom. The molecule has 0 fully saturated rings. The molecule has 1 amide bonds. The van der Waals surface area contributed by atoms with Crippen molar-refractivity contribution in [2.24, 2.45) is 0 Å². The molecule has 0 aliphatic heterocycles. The lowest BCUT2D eigenvalue weighted by Crippen LogP contribution is -2.22. The molecule has 1 N–H and O–H groups in total. The summed E-state index contributed by atoms with van der Waals surface area (Å²) in [5.41, 5.74) is -1.91. The molecule has 0 bridgehead atoms. The van der Waals surface area contributed by atoms with Gasteiger partial charge in [-0.05, 0) is 12.1 Å². The second-order valence-corrected chi connectivity index (χ2v) is 6.64. The van der Waals surface area contributed by atoms with Crippen molar-refractivity contribution in [3.05, 3.63) is 57.3 Å². The number of nitrogens with one attached hydrogen (secondary N) is 1. The van der Waals surface area contributed by atoms with Gasteiger partial charge < -0.3 is 0 Å². The van der Waals surface area contributed by atoms with Gasteiger partial charge in [0.05, 0.1) is 11.6 Å². The fourth-order valence-corrected chi connectivity index (χ4v) is 3.04. The summed E-state index contributed by atoms with van der Waals surface area (Å²) in [6.45, 7) is -0.920. The zero-order chi connectivity index (χ0) is 22.0. The minimum Gasteiger partial charge on any atom is -0.292 e. The highest BCUT2D eigenvalue weighted by molar-refractivity contribution is 6.32. The Kier molecular flexibility index (Phi) is 6.56. The molecular weight excluding hydrogens is 458 g/mol. The largest absolute Gasteiger partial charge is 0.292 e. The number of nitrogens with zero attached hydrogens (tertiary/aromatic N) is 5. The SMILES string of the molecule is O=C(Cn1nc(C(F)F)c(Cl)c1C(F)F)Nc1ncn(Cc2c(F)cccc2Cl)n1. The second kappa shape index (κ2) is 8.96. The van der Waals surface area contributed by atoms with Crippen molar-refractivity contribution in [1.82, 2.24) is 24.5 Å². The predicted molar refractivity (Wildman–Crippen MR) is 96.3 cm³/mol. The van der Waals surface area contributed by atoms with Crippen LogP contribution in [-0.4, -0.2) is 30.5 Å². The molecule has 0 spiro atoms. The molecular formula is C16H11Cl2F5N6O. The molecule has 30 heavy (non-hydrogen) atoms. The van der Waals surface area contributed by atoms with Gasteiger partial charge in [0.15, 0.2) is 0 Å². The van der Waals surface area contributed by atoms with Gasteiger partial charge in [-0.25, -0.2) is 31.6 Å². The van der Waals surface area contributed by atoms with Crippen LogP contribution >= 0.6 is 23.2 Å². The van der Waals surface area contributed by atoms with Crippen LogP contribution in [0.3, 0.4) is 0 Å². The van der Waals surface area contributed by atoms with Crippen molar-refractivity contribution in [1.29, 1.82) is 0 Å². The van der Waals surface area contributed by atoms with Crippen LogP contribution in [0.5, 0.6) is 0 Å². The maximum absolute atomic E-state index is 13.8. The van der Waals surface area contributed by atoms with Crippen LogP contribution in [0.4, 0.5) is 27.9 Å². The molecule has 0 saturated heterocycles. The fourth-order valence-electron chi connectivity index (χ4n) is 2.51. The number of carbonyl (C=O) groups is 1. The predicted octanol–water partition coefficient (Wildman–Crippen LogP) is 4.48. The van der Waals surface area contributed by atoms with Crippen LogP contribution in [0.15, 0.2) is 24.5 Å². The molecule has 0 unspecified atom stereocenters. The number of amides is 1. The van der Waals surface area contributed by atoms with Crippen molar-refractivity contribution < 1.29 is 26.7 Å². The molecule has 3 aromatic rings. The zero-order valence-corrected chi connectivity index (χ0v) is 16.2. The molecule has 0 aliphatic rings. The topological polar surface area (TPSA) is 77.6 Å². The van der Waals surface area contributed by atoms with E-state index in [0.29, 0.717) is 4.68 Å². The molecule has 2 heterocycles. The molecule has 0 aliphatic carbocycles. The number of halogens is 7. The van der Waals surface area contributed by atoms with Gasteiger partial charge in [0, 0.05) is 10.6 Å². The number of benzene rings is 1. The van der Waals surface area contributed by atoms with Crippen LogP contribution in [0.1, 0.15) is 29.8 Å². The summed E-state index contributed by atoms with van der Waals surface area (Å²) in [5, 5.41) is 8.65. The average Bonchev–Trinajstić information content (AvgIpc) is 3.22. The van der Waals surface area contributed by atoms with Crippen LogP contribution in [0.25, 0.3) is 0 Å². The van der Waals surface area contributed by atoms with E-state index < -0.39 is 47.5 Å². The first kappa shape index (κ1) is 22.0. The lowest BCUT2D eigenvalue weighted by Gasteiger charge is -2.07. The summed E-state index contributed by atoms with van der Waals surface area (Å²) in [6.07, 6.45) is -5.24. The number of hydrogen-bond acceptors (Lipinski definition) is 4. The van der Waals surface area contributed by atoms with Crippen LogP contribution in [0, 0.1) is 5.82 Å². The monoisotopic (exact) mass is 468 g/mol. The van der Waals surface area contributed by atoms with Crippen molar-refractivity contribution >= 4 is 35.1 Å². The van der Waals surface area contributed by atoms with Crippen LogP contribution in [0.2, 0.25) is 10.0 Å². The van der Waals surface area contributed by atoms with Gasteiger partial charge in [-0.1, -0.05) is 29.3 Å². The number of hydrogen-bond donors (Lipinski definition) is 1. The highest BCUT2D eigenvalue weighted by Crippen LogP contribution is 2.34. The third-order valence-electron chi connectivity index (χ3n) is 3.83. The first-order valence-corrected chi connectivity index (χ1v) is 8.87. The highest BCUT2D eigenvalue weighted by Gasteiger charge is 2.28. The number of carbonyl (C=O) groups excluding carboxylic acids is 1. The van der Waals surface area contributed by atoms with Gasteiger partial charge in [0.1, 0.15) is 30.1 Å². The lowest BCUT2D eigenvalue weighted by atomic mass is 10.2. The summed E-state index contributed by atoms with van der Waals surface area (Å²) in [7, 11) is 0. The third-order valence-corrected chi connectivity index (χ3v) is 4.57. The lowest BCUT2D eigenvalue weighted by molar-refractivity contribution is -0.117. The summed E-state index contributed by atoms with van der Waals surface area (Å²) in [4.78, 5) is 15.9. The van der Waals surface area contributed by atoms with Crippen molar-refractivity contribution in [2.45, 2.75) is 25.9 Å². The Labute approximate surface area is 175 Å². The number of anilines is 1. The summed E-state index contributed by atoms with van der Waals surface area (Å²) in [6, 6.07) is 4.14. The maximum atomic E-state index is 13.8. The summed E-state index contributed by atoms with van der Waals surface area (Å²) >= 11 is 11.5. The Morgan fingerprint density at radius 3 is 2.50 bits per heavy atom. The highest BCUT2D eigenvalue weighted by atomic mass is 35.5. The van der Waals surface area contributed by atoms with Crippen molar-refractivity contribution in [2.75, 3.05) is 5.32 Å². The molecule has 14 heteroatoms. The molecule has 2 aromatic heterocycles. The van der Waals surface area contributed by atoms with Crippen molar-refractivity contribution in [3.8, 4) is 0 Å². The quantitative estimate of drug-likeness (QED) is 0.518. The molecule has 7 nitrogen and oxygen atoms in total. The fraction of sp³-hybridized carbons (Fsp3) is 0.250. The standard InChI is InChI=1S/C16H11Cl2F5N6O/c17-8-2-1-3-9(19)7(8)4-28-6-24-16(27-28)25-10(30)5-29-13(15(22)23)11(18)12(26-29)14(20)21/h1-3,6,14-15H,4-5H2,(H,25,27,30). The number of rotatable bonds is 7. The first-order valence-electron chi connectivity index (χ1n) is 8.12. The van der Waals surface area contributed by atoms with E-state index >= 15 is 0 Å². The van der Waals surface area contributed by atoms with E-state index in [9.17, 15) is 26.7 Å². The van der Waals surface area contributed by atoms with Gasteiger partial charge in [-0.3, -0.25) is 14.8 Å². The van der Waals surface area contributed by atoms with Crippen LogP contribution in [-0.2, 0) is 17.9 Å². The van der Waals surface area contributed by atoms with Crippen LogP contribution < -0.4 is 5.32 Å². The molecule has 3 rings (SSSR count). The van der Waals surface area contributed by atoms with Gasteiger partial charge in [-0.15, -0.1) is 5.10 Å². The van der Waals surface area contributed by atoms with Gasteiger partial charge >= 0.3 is 0 Å². The van der Waals surface area contributed by atoms with E-state index in [4.69, 9.17) is 23.2 Å². The Balaban J connectivity index is 1.72. The molecule has 160 valence electrons. The minimum atomic E-state index is -3.23. The Hall–Kier alpha value is -2.73. The maximum Gasteiger partial charge on any atom is 0.283 e. The van der Waals surface area contributed by atoms with E-state index in [-0.39, 0.29) is 23.1 Å². The van der Waals surface area contributed by atoms with Gasteiger partial charge in [-0.2, -0.15) is 5.10 Å². The second-order valence-electron chi connectivity index (χ2n) is 5.86. The number of alkyl halides is 4. The summed E-state index contributed by atoms with van der Waals surface area (Å²) < 4.78 is 67.4. The smallest absolute Gasteiger partial charge is 0.283 e. The molecule has 0 radical (unpaired) electrons. The minimum absolute atomic E-state index is 0.0869. The Bertz CT molecular complexity index is 1050. The molecule has 0 atom stereocenters. The van der Waals surface area contributed by atoms with Crippen molar-refractivity contribution in [3.63, 3.8) is 0 Å². The van der Waals surface area contributed by atoms with Gasteiger partial charge in [0.25, 0.3) is 12.9 Å². The van der Waals surface area contributed by atoms with Gasteiger partial charge in [0.2, 0.25) is 11.9 Å².